The molecule has 0 radical (unpaired) electrons. The minimum Gasteiger partial charge on any atom is -0.505 e. The zero-order valence-corrected chi connectivity index (χ0v) is 16.4. The van der Waals surface area contributed by atoms with E-state index in [-0.39, 0.29) is 11.5 Å². The Labute approximate surface area is 161 Å². The lowest BCUT2D eigenvalue weighted by molar-refractivity contribution is -0.137. The second-order valence-corrected chi connectivity index (χ2v) is 7.01. The number of rotatable bonds is 4. The first-order chi connectivity index (χ1) is 13.1. The van der Waals surface area contributed by atoms with Crippen molar-refractivity contribution in [3.8, 4) is 0 Å². The third-order valence-corrected chi connectivity index (χ3v) is 5.32. The van der Waals surface area contributed by atoms with E-state index in [1.165, 1.54) is 49.8 Å². The molecule has 0 unspecified atom stereocenters. The standard InChI is InChI=1S/C22H28N2O3/c1-4-9-19-18-14-16(15-10-7-6-8-11-15)12-13-17(18)21(25)20(22(26)27-3)24(19)23-5-2/h5,9,12-15,25H,4,6-8,10-11H2,1-3H3/b19-9+,23-5-. The first-order valence-corrected chi connectivity index (χ1v) is 9.77. The number of nitrogens with zero attached hydrogens (tertiary/aromatic N) is 2. The molecule has 0 atom stereocenters. The van der Waals surface area contributed by atoms with Gasteiger partial charge in [0.1, 0.15) is 0 Å². The Morgan fingerprint density at radius 1 is 1.30 bits per heavy atom. The monoisotopic (exact) mass is 368 g/mol. The van der Waals surface area contributed by atoms with Crippen molar-refractivity contribution in [3.63, 3.8) is 0 Å². The normalized spacial score (nSPS) is 19.7. The summed E-state index contributed by atoms with van der Waals surface area (Å²) in [6.07, 6.45) is 10.7. The number of aliphatic hydroxyl groups is 1. The molecule has 1 aromatic carbocycles. The molecule has 0 amide bonds. The fourth-order valence-electron chi connectivity index (χ4n) is 4.04. The van der Waals surface area contributed by atoms with Gasteiger partial charge in [-0.3, -0.25) is 0 Å². The number of methoxy groups -OCH3 is 1. The summed E-state index contributed by atoms with van der Waals surface area (Å²) in [7, 11) is 1.31. The molecule has 1 saturated carbocycles. The topological polar surface area (TPSA) is 62.1 Å². The molecule has 2 aliphatic rings. The van der Waals surface area contributed by atoms with Crippen LogP contribution >= 0.6 is 0 Å². The summed E-state index contributed by atoms with van der Waals surface area (Å²) in [5.74, 6) is -0.142. The van der Waals surface area contributed by atoms with Crippen LogP contribution < -0.4 is 0 Å². The van der Waals surface area contributed by atoms with Gasteiger partial charge in [0.25, 0.3) is 0 Å². The number of carbonyl (C=O) groups excluding carboxylic acids is 1. The highest BCUT2D eigenvalue weighted by Crippen LogP contribution is 2.41. The maximum atomic E-state index is 12.4. The molecule has 144 valence electrons. The van der Waals surface area contributed by atoms with Crippen LogP contribution in [0.4, 0.5) is 0 Å². The Bertz CT molecular complexity index is 802. The largest absolute Gasteiger partial charge is 0.505 e. The summed E-state index contributed by atoms with van der Waals surface area (Å²) >= 11 is 0. The number of hydrazone groups is 1. The number of benzene rings is 1. The third kappa shape index (κ3) is 3.64. The Balaban J connectivity index is 2.17. The van der Waals surface area contributed by atoms with Gasteiger partial charge in [0.05, 0.1) is 12.8 Å². The van der Waals surface area contributed by atoms with E-state index >= 15 is 0 Å². The number of hydrogen-bond donors (Lipinski definition) is 1. The molecule has 1 aliphatic carbocycles. The smallest absolute Gasteiger partial charge is 0.360 e. The van der Waals surface area contributed by atoms with Crippen LogP contribution in [0, 0.1) is 0 Å². The summed E-state index contributed by atoms with van der Waals surface area (Å²) < 4.78 is 4.90. The summed E-state index contributed by atoms with van der Waals surface area (Å²) in [6.45, 7) is 3.82. The molecule has 0 saturated heterocycles. The zero-order valence-electron chi connectivity index (χ0n) is 16.4. The molecule has 1 N–H and O–H groups in total. The van der Waals surface area contributed by atoms with Gasteiger partial charge in [-0.1, -0.05) is 44.4 Å². The average Bonchev–Trinajstić information content (AvgIpc) is 2.71. The van der Waals surface area contributed by atoms with E-state index in [1.807, 2.05) is 19.1 Å². The molecular formula is C22H28N2O3. The van der Waals surface area contributed by atoms with Gasteiger partial charge in [-0.2, -0.15) is 5.10 Å². The van der Waals surface area contributed by atoms with Gasteiger partial charge >= 0.3 is 5.97 Å². The lowest BCUT2D eigenvalue weighted by Gasteiger charge is -2.31. The summed E-state index contributed by atoms with van der Waals surface area (Å²) in [5.41, 5.74) is 3.72. The number of carbonyl (C=O) groups is 1. The van der Waals surface area contributed by atoms with Crippen molar-refractivity contribution in [1.82, 2.24) is 5.01 Å². The quantitative estimate of drug-likeness (QED) is 0.586. The molecule has 0 aromatic heterocycles. The molecule has 1 aliphatic heterocycles. The maximum Gasteiger partial charge on any atom is 0.360 e. The highest BCUT2D eigenvalue weighted by molar-refractivity contribution is 6.01. The maximum absolute atomic E-state index is 12.4. The minimum absolute atomic E-state index is 0.0493. The molecule has 27 heavy (non-hydrogen) atoms. The van der Waals surface area contributed by atoms with Crippen LogP contribution in [-0.2, 0) is 9.53 Å². The van der Waals surface area contributed by atoms with Gasteiger partial charge in [-0.25, -0.2) is 9.80 Å². The molecular weight excluding hydrogens is 340 g/mol. The first kappa shape index (κ1) is 19.2. The van der Waals surface area contributed by atoms with Crippen molar-refractivity contribution in [3.05, 3.63) is 46.7 Å². The van der Waals surface area contributed by atoms with E-state index in [1.54, 1.807) is 13.1 Å². The Morgan fingerprint density at radius 2 is 2.04 bits per heavy atom. The highest BCUT2D eigenvalue weighted by Gasteiger charge is 2.34. The van der Waals surface area contributed by atoms with Crippen molar-refractivity contribution in [2.75, 3.05) is 7.11 Å². The Morgan fingerprint density at radius 3 is 2.67 bits per heavy atom. The van der Waals surface area contributed by atoms with Crippen LogP contribution in [0.25, 0.3) is 11.5 Å². The van der Waals surface area contributed by atoms with Crippen LogP contribution in [0.15, 0.2) is 35.1 Å². The molecule has 3 rings (SSSR count). The fraction of sp³-hybridized carbons (Fsp3) is 0.455. The summed E-state index contributed by atoms with van der Waals surface area (Å²) in [6, 6.07) is 6.17. The number of aliphatic hydroxyl groups excluding tert-OH is 1. The molecule has 5 nitrogen and oxygen atoms in total. The Kier molecular flexibility index (Phi) is 5.99. The van der Waals surface area contributed by atoms with Crippen LogP contribution in [0.3, 0.4) is 0 Å². The first-order valence-electron chi connectivity index (χ1n) is 9.77. The molecule has 1 fully saturated rings. The lowest BCUT2D eigenvalue weighted by atomic mass is 9.82. The van der Waals surface area contributed by atoms with Crippen molar-refractivity contribution >= 4 is 23.6 Å². The van der Waals surface area contributed by atoms with E-state index in [9.17, 15) is 9.90 Å². The van der Waals surface area contributed by atoms with Gasteiger partial charge < -0.3 is 9.84 Å². The van der Waals surface area contributed by atoms with Crippen molar-refractivity contribution in [2.24, 2.45) is 5.10 Å². The number of ether oxygens (including phenoxy) is 1. The van der Waals surface area contributed by atoms with E-state index in [2.05, 4.69) is 17.2 Å². The predicted octanol–water partition coefficient (Wildman–Crippen LogP) is 5.21. The minimum atomic E-state index is -0.609. The number of allylic oxidation sites excluding steroid dienone is 1. The fourth-order valence-corrected chi connectivity index (χ4v) is 4.04. The van der Waals surface area contributed by atoms with Crippen molar-refractivity contribution < 1.29 is 14.6 Å². The predicted molar refractivity (Wildman–Crippen MR) is 108 cm³/mol. The SMILES string of the molecule is C/C=N\N1C(C(=O)OC)=C(O)c2ccc(C3CCCCC3)cc2/C1=C\CC. The zero-order chi connectivity index (χ0) is 19.4. The van der Waals surface area contributed by atoms with Crippen LogP contribution in [0.5, 0.6) is 0 Å². The van der Waals surface area contributed by atoms with Gasteiger partial charge in [-0.05, 0) is 43.7 Å². The van der Waals surface area contributed by atoms with Gasteiger partial charge in [0.15, 0.2) is 11.5 Å². The van der Waals surface area contributed by atoms with Crippen LogP contribution in [-0.4, -0.2) is 29.4 Å². The lowest BCUT2D eigenvalue weighted by Crippen LogP contribution is -2.28. The molecule has 1 heterocycles. The van der Waals surface area contributed by atoms with E-state index < -0.39 is 5.97 Å². The van der Waals surface area contributed by atoms with Gasteiger partial charge in [0.2, 0.25) is 0 Å². The van der Waals surface area contributed by atoms with E-state index in [0.29, 0.717) is 11.5 Å². The van der Waals surface area contributed by atoms with Crippen LogP contribution in [0.1, 0.15) is 75.0 Å². The summed E-state index contributed by atoms with van der Waals surface area (Å²) in [4.78, 5) is 12.4. The highest BCUT2D eigenvalue weighted by atomic mass is 16.5. The van der Waals surface area contributed by atoms with Crippen molar-refractivity contribution in [2.45, 2.75) is 58.3 Å². The third-order valence-electron chi connectivity index (χ3n) is 5.32. The van der Waals surface area contributed by atoms with E-state index in [4.69, 9.17) is 4.74 Å². The van der Waals surface area contributed by atoms with Gasteiger partial charge in [-0.15, -0.1) is 0 Å². The second-order valence-electron chi connectivity index (χ2n) is 7.01. The molecule has 1 aromatic rings. The number of fused-ring (bicyclic) bond motifs is 1. The molecule has 5 heteroatoms. The Hall–Kier alpha value is -2.56. The average molecular weight is 368 g/mol. The van der Waals surface area contributed by atoms with E-state index in [0.717, 1.165) is 17.7 Å². The van der Waals surface area contributed by atoms with Crippen LogP contribution in [0.2, 0.25) is 0 Å². The number of hydrogen-bond acceptors (Lipinski definition) is 5. The van der Waals surface area contributed by atoms with Crippen molar-refractivity contribution in [1.29, 1.82) is 0 Å². The van der Waals surface area contributed by atoms with Gasteiger partial charge in [0, 0.05) is 17.3 Å². The molecule has 0 bridgehead atoms. The summed E-state index contributed by atoms with van der Waals surface area (Å²) in [5, 5.41) is 16.7. The number of esters is 1. The molecule has 0 spiro atoms. The second kappa shape index (κ2) is 8.42.